The topological polar surface area (TPSA) is 220 Å². The van der Waals surface area contributed by atoms with E-state index in [1.807, 2.05) is 62.4 Å². The molecule has 0 atom stereocenters. The smallest absolute Gasteiger partial charge is 0.424 e. The minimum atomic E-state index is -3.78. The fourth-order valence-corrected chi connectivity index (χ4v) is 12.4. The number of piperidine rings is 2. The zero-order valence-corrected chi connectivity index (χ0v) is 41.3. The van der Waals surface area contributed by atoms with Crippen LogP contribution in [0.15, 0.2) is 58.5 Å². The molecule has 9 rings (SSSR count). The summed E-state index contributed by atoms with van der Waals surface area (Å²) in [5.41, 5.74) is 2.99. The monoisotopic (exact) mass is 965 g/mol. The SMILES string of the molecule is CC1CCC(C2=NC3(CCNCC3)C(=O)N2)CC1.Cc1ccccc1CCNS(=O)(=O)N1CCOC1=O.Cc1ccccc1CNS(=O)(=O)N1CCC2(CC1)N=C(C1CCC(C)CC1)NC2=O. The Hall–Kier alpha value is -4.27. The molecule has 368 valence electrons. The summed E-state index contributed by atoms with van der Waals surface area (Å²) >= 11 is 0. The van der Waals surface area contributed by atoms with Crippen LogP contribution in [-0.4, -0.2) is 112 Å². The number of nitrogens with zero attached hydrogens (tertiary/aromatic N) is 4. The fourth-order valence-electron chi connectivity index (χ4n) is 10.1. The predicted molar refractivity (Wildman–Crippen MR) is 259 cm³/mol. The lowest BCUT2D eigenvalue weighted by atomic mass is 9.82. The number of hydrogen-bond acceptors (Lipinski definition) is 11. The number of carbonyl (C=O) groups is 3. The zero-order chi connectivity index (χ0) is 47.8. The summed E-state index contributed by atoms with van der Waals surface area (Å²) in [5, 5.41) is 9.42. The van der Waals surface area contributed by atoms with Crippen LogP contribution in [0.5, 0.6) is 0 Å². The average Bonchev–Trinajstić information content (AvgIpc) is 3.99. The highest BCUT2D eigenvalue weighted by Gasteiger charge is 2.49. The molecule has 3 saturated heterocycles. The Morgan fingerprint density at radius 3 is 1.64 bits per heavy atom. The van der Waals surface area contributed by atoms with E-state index < -0.39 is 37.6 Å². The lowest BCUT2D eigenvalue weighted by molar-refractivity contribution is -0.125. The van der Waals surface area contributed by atoms with Crippen molar-refractivity contribution in [1.29, 1.82) is 0 Å². The normalized spacial score (nSPS) is 26.1. The number of amidine groups is 2. The Kier molecular flexibility index (Phi) is 16.6. The number of cyclic esters (lactones) is 1. The number of aliphatic imine (C=N–C) groups is 2. The molecule has 2 aromatic carbocycles. The van der Waals surface area contributed by atoms with Gasteiger partial charge >= 0.3 is 16.3 Å². The van der Waals surface area contributed by atoms with Gasteiger partial charge in [0.2, 0.25) is 0 Å². The molecule has 17 nitrogen and oxygen atoms in total. The summed E-state index contributed by atoms with van der Waals surface area (Å²) in [6.07, 6.45) is 11.7. The predicted octanol–water partition coefficient (Wildman–Crippen LogP) is 4.81. The standard InChI is InChI=1S/C22H32N4O3S.C14H23N3O.C12H16N2O4S/c1-16-7-9-18(10-8-16)20-24-21(27)22(25-20)11-13-26(14-12-22)30(28,29)23-15-19-6-4-3-5-17(19)2;1-10-2-4-11(5-3-10)12-16-13(18)14(17-12)6-8-15-9-7-14;1-10-4-2-3-5-11(10)6-7-13-19(16,17)14-8-9-18-12(14)15/h3-6,16,18,23H,7-15H2,1-2H3,(H,24,25,27);10-11,15H,2-9H2,1H3,(H,16,17,18);2-5,13H,6-9H2,1H3. The number of aryl methyl sites for hydroxylation is 2. The van der Waals surface area contributed by atoms with E-state index in [0.29, 0.717) is 48.5 Å². The molecular formula is C48H71N9O8S2. The number of ether oxygens (including phenoxy) is 1. The first-order chi connectivity index (χ1) is 32.0. The Morgan fingerprint density at radius 1 is 0.657 bits per heavy atom. The molecule has 5 fully saturated rings. The van der Waals surface area contributed by atoms with E-state index in [2.05, 4.69) is 44.0 Å². The van der Waals surface area contributed by atoms with Crippen LogP contribution in [0.4, 0.5) is 4.79 Å². The second kappa shape index (κ2) is 22.0. The van der Waals surface area contributed by atoms with E-state index in [0.717, 1.165) is 84.5 Å². The lowest BCUT2D eigenvalue weighted by Gasteiger charge is -2.34. The summed E-state index contributed by atoms with van der Waals surface area (Å²) in [6.45, 7) is 11.6. The zero-order valence-electron chi connectivity index (χ0n) is 39.6. The van der Waals surface area contributed by atoms with Gasteiger partial charge in [0.25, 0.3) is 22.0 Å². The molecule has 3 amide bonds. The van der Waals surface area contributed by atoms with Crippen molar-refractivity contribution in [3.8, 4) is 0 Å². The van der Waals surface area contributed by atoms with Gasteiger partial charge in [-0.1, -0.05) is 88.1 Å². The molecule has 67 heavy (non-hydrogen) atoms. The number of benzene rings is 2. The molecule has 2 aliphatic carbocycles. The number of nitrogens with one attached hydrogen (secondary N) is 5. The van der Waals surface area contributed by atoms with Crippen molar-refractivity contribution in [2.45, 2.75) is 129 Å². The molecule has 0 radical (unpaired) electrons. The van der Waals surface area contributed by atoms with Crippen LogP contribution in [0.25, 0.3) is 0 Å². The number of carbonyl (C=O) groups excluding carboxylic acids is 3. The molecule has 0 bridgehead atoms. The third kappa shape index (κ3) is 12.5. The molecule has 5 heterocycles. The summed E-state index contributed by atoms with van der Waals surface area (Å²) in [5.74, 6) is 4.34. The van der Waals surface area contributed by atoms with Crippen LogP contribution in [0.3, 0.4) is 0 Å². The van der Waals surface area contributed by atoms with Gasteiger partial charge in [0.15, 0.2) is 0 Å². The molecule has 5 aliphatic heterocycles. The van der Waals surface area contributed by atoms with Crippen molar-refractivity contribution in [2.75, 3.05) is 45.9 Å². The Morgan fingerprint density at radius 2 is 1.15 bits per heavy atom. The molecular weight excluding hydrogens is 895 g/mol. The van der Waals surface area contributed by atoms with Crippen molar-refractivity contribution >= 4 is 50.0 Å². The molecule has 0 unspecified atom stereocenters. The Balaban J connectivity index is 0.000000157. The van der Waals surface area contributed by atoms with Crippen molar-refractivity contribution in [3.05, 3.63) is 70.8 Å². The second-order valence-corrected chi connectivity index (χ2v) is 23.0. The van der Waals surface area contributed by atoms with Crippen molar-refractivity contribution in [2.24, 2.45) is 33.7 Å². The summed E-state index contributed by atoms with van der Waals surface area (Å²) in [4.78, 5) is 45.8. The van der Waals surface area contributed by atoms with E-state index in [4.69, 9.17) is 9.98 Å². The van der Waals surface area contributed by atoms with Gasteiger partial charge in [-0.2, -0.15) is 34.9 Å². The Labute approximate surface area is 397 Å². The number of rotatable bonds is 11. The van der Waals surface area contributed by atoms with Gasteiger partial charge in [-0.15, -0.1) is 0 Å². The van der Waals surface area contributed by atoms with Crippen LogP contribution in [0.1, 0.15) is 113 Å². The molecule has 2 spiro atoms. The largest absolute Gasteiger partial charge is 0.447 e. The lowest BCUT2D eigenvalue weighted by Crippen LogP contribution is -2.52. The fraction of sp³-hybridized carbons (Fsp3) is 0.646. The van der Waals surface area contributed by atoms with Crippen LogP contribution in [-0.2, 0) is 47.7 Å². The second-order valence-electron chi connectivity index (χ2n) is 19.5. The number of hydrogen-bond donors (Lipinski definition) is 5. The van der Waals surface area contributed by atoms with Gasteiger partial charge in [-0.25, -0.2) is 4.79 Å². The first-order valence-corrected chi connectivity index (χ1v) is 27.2. The number of amides is 3. The first-order valence-electron chi connectivity index (χ1n) is 24.3. The van der Waals surface area contributed by atoms with E-state index in [9.17, 15) is 31.2 Å². The minimum Gasteiger partial charge on any atom is -0.447 e. The van der Waals surface area contributed by atoms with Gasteiger partial charge in [-0.3, -0.25) is 19.6 Å². The minimum absolute atomic E-state index is 0.0546. The van der Waals surface area contributed by atoms with Crippen LogP contribution >= 0.6 is 0 Å². The van der Waals surface area contributed by atoms with Crippen LogP contribution in [0.2, 0.25) is 0 Å². The van der Waals surface area contributed by atoms with Gasteiger partial charge < -0.3 is 20.7 Å². The van der Waals surface area contributed by atoms with Crippen LogP contribution < -0.4 is 25.4 Å². The van der Waals surface area contributed by atoms with Gasteiger partial charge in [-0.05, 0) is 119 Å². The highest BCUT2D eigenvalue weighted by Crippen LogP contribution is 2.37. The molecule has 5 N–H and O–H groups in total. The molecule has 2 saturated carbocycles. The maximum absolute atomic E-state index is 12.8. The maximum Gasteiger partial charge on any atom is 0.424 e. The van der Waals surface area contributed by atoms with E-state index in [1.165, 1.54) is 42.8 Å². The maximum atomic E-state index is 12.8. The molecule has 19 heteroatoms. The quantitative estimate of drug-likeness (QED) is 0.209. The van der Waals surface area contributed by atoms with Crippen molar-refractivity contribution < 1.29 is 36.0 Å². The van der Waals surface area contributed by atoms with E-state index in [-0.39, 0.29) is 38.1 Å². The summed E-state index contributed by atoms with van der Waals surface area (Å²) in [6, 6.07) is 15.5. The van der Waals surface area contributed by atoms with E-state index in [1.54, 1.807) is 0 Å². The highest BCUT2D eigenvalue weighted by molar-refractivity contribution is 7.87. The first kappa shape index (κ1) is 50.6. The van der Waals surface area contributed by atoms with Crippen molar-refractivity contribution in [1.82, 2.24) is 34.0 Å². The van der Waals surface area contributed by atoms with Gasteiger partial charge in [0, 0.05) is 38.0 Å². The summed E-state index contributed by atoms with van der Waals surface area (Å²) in [7, 11) is -7.38. The third-order valence-electron chi connectivity index (χ3n) is 14.8. The summed E-state index contributed by atoms with van der Waals surface area (Å²) < 4.78 is 61.1. The van der Waals surface area contributed by atoms with Gasteiger partial charge in [0.05, 0.1) is 6.54 Å². The van der Waals surface area contributed by atoms with E-state index >= 15 is 0 Å². The average molecular weight is 966 g/mol. The third-order valence-corrected chi connectivity index (χ3v) is 17.8. The van der Waals surface area contributed by atoms with Crippen LogP contribution in [0, 0.1) is 37.5 Å². The molecule has 0 aromatic heterocycles. The van der Waals surface area contributed by atoms with Gasteiger partial charge in [0.1, 0.15) is 29.4 Å². The molecule has 7 aliphatic rings. The highest BCUT2D eigenvalue weighted by atomic mass is 32.2. The molecule has 2 aromatic rings. The van der Waals surface area contributed by atoms with Crippen molar-refractivity contribution in [3.63, 3.8) is 0 Å². The Bertz CT molecular complexity index is 2360.